The van der Waals surface area contributed by atoms with E-state index in [2.05, 4.69) is 9.72 Å². The van der Waals surface area contributed by atoms with Crippen molar-refractivity contribution in [1.29, 1.82) is 0 Å². The average Bonchev–Trinajstić information content (AvgIpc) is 2.37. The molecule has 0 N–H and O–H groups in total. The van der Waals surface area contributed by atoms with Gasteiger partial charge in [0.2, 0.25) is 0 Å². The van der Waals surface area contributed by atoms with Gasteiger partial charge in [-0.3, -0.25) is 9.78 Å². The van der Waals surface area contributed by atoms with Crippen LogP contribution in [-0.2, 0) is 0 Å². The van der Waals surface area contributed by atoms with Crippen LogP contribution >= 0.6 is 0 Å². The molecule has 0 radical (unpaired) electrons. The number of aromatic nitrogens is 1. The Morgan fingerprint density at radius 2 is 2.05 bits per heavy atom. The summed E-state index contributed by atoms with van der Waals surface area (Å²) < 4.78 is 28.7. The third-order valence-corrected chi connectivity index (χ3v) is 2.46. The number of hydrogen-bond donors (Lipinski definition) is 0. The zero-order valence-electron chi connectivity index (χ0n) is 10.1. The van der Waals surface area contributed by atoms with Gasteiger partial charge in [-0.1, -0.05) is 0 Å². The highest BCUT2D eigenvalue weighted by Gasteiger charge is 2.12. The molecule has 19 heavy (non-hydrogen) atoms. The minimum atomic E-state index is -2.91. The molecule has 0 saturated carbocycles. The molecular weight excluding hydrogens is 252 g/mol. The zero-order chi connectivity index (χ0) is 13.8. The van der Waals surface area contributed by atoms with Gasteiger partial charge >= 0.3 is 6.61 Å². The minimum absolute atomic E-state index is 0.0257. The Morgan fingerprint density at radius 1 is 1.26 bits per heavy atom. The first-order valence-electron chi connectivity index (χ1n) is 5.57. The van der Waals surface area contributed by atoms with Gasteiger partial charge in [-0.25, -0.2) is 0 Å². The largest absolute Gasteiger partial charge is 0.435 e. The molecule has 0 unspecified atom stereocenters. The lowest BCUT2D eigenvalue weighted by molar-refractivity contribution is -0.0499. The van der Waals surface area contributed by atoms with Crippen molar-refractivity contribution in [3.8, 4) is 5.75 Å². The molecule has 1 heterocycles. The maximum absolute atomic E-state index is 12.2. The molecule has 0 atom stereocenters. The van der Waals surface area contributed by atoms with Crippen LogP contribution < -0.4 is 4.74 Å². The lowest BCUT2D eigenvalue weighted by atomic mass is 10.0. The molecule has 98 valence electrons. The van der Waals surface area contributed by atoms with Gasteiger partial charge in [0.15, 0.2) is 5.78 Å². The molecular formula is C14H11F2NO2. The third kappa shape index (κ3) is 3.34. The summed E-state index contributed by atoms with van der Waals surface area (Å²) in [6.07, 6.45) is 2.98. The summed E-state index contributed by atoms with van der Waals surface area (Å²) in [4.78, 5) is 16.0. The summed E-state index contributed by atoms with van der Waals surface area (Å²) in [5.41, 5.74) is 1.37. The first-order chi connectivity index (χ1) is 9.06. The summed E-state index contributed by atoms with van der Waals surface area (Å²) >= 11 is 0. The van der Waals surface area contributed by atoms with E-state index in [-0.39, 0.29) is 11.5 Å². The SMILES string of the molecule is Cc1cc(OC(F)F)cc(C(=O)c2cccnc2)c1. The molecule has 0 aliphatic heterocycles. The van der Waals surface area contributed by atoms with Gasteiger partial charge in [0.05, 0.1) is 0 Å². The number of ketones is 1. The van der Waals surface area contributed by atoms with Crippen LogP contribution in [0.1, 0.15) is 21.5 Å². The van der Waals surface area contributed by atoms with Crippen LogP contribution in [-0.4, -0.2) is 17.4 Å². The van der Waals surface area contributed by atoms with E-state index in [4.69, 9.17) is 0 Å². The first kappa shape index (κ1) is 13.1. The van der Waals surface area contributed by atoms with E-state index in [1.54, 1.807) is 31.3 Å². The van der Waals surface area contributed by atoms with Crippen LogP contribution in [0.4, 0.5) is 8.78 Å². The molecule has 1 aromatic carbocycles. The zero-order valence-corrected chi connectivity index (χ0v) is 10.1. The highest BCUT2D eigenvalue weighted by molar-refractivity contribution is 6.09. The second-order valence-electron chi connectivity index (χ2n) is 3.98. The molecule has 1 aromatic heterocycles. The predicted octanol–water partition coefficient (Wildman–Crippen LogP) is 3.22. The summed E-state index contributed by atoms with van der Waals surface area (Å²) in [6.45, 7) is -1.21. The number of halogens is 2. The fourth-order valence-corrected chi connectivity index (χ4v) is 1.71. The molecule has 0 spiro atoms. The summed E-state index contributed by atoms with van der Waals surface area (Å²) in [6, 6.07) is 7.62. The smallest absolute Gasteiger partial charge is 0.387 e. The number of rotatable bonds is 4. The van der Waals surface area contributed by atoms with Gasteiger partial charge < -0.3 is 4.74 Å². The minimum Gasteiger partial charge on any atom is -0.435 e. The number of carbonyl (C=O) groups excluding carboxylic acids is 1. The maximum atomic E-state index is 12.2. The van der Waals surface area contributed by atoms with Crippen LogP contribution in [0.2, 0.25) is 0 Å². The third-order valence-electron chi connectivity index (χ3n) is 2.46. The second-order valence-corrected chi connectivity index (χ2v) is 3.98. The van der Waals surface area contributed by atoms with E-state index in [1.165, 1.54) is 18.3 Å². The van der Waals surface area contributed by atoms with Crippen molar-refractivity contribution in [2.75, 3.05) is 0 Å². The molecule has 0 amide bonds. The number of benzene rings is 1. The number of ether oxygens (including phenoxy) is 1. The quantitative estimate of drug-likeness (QED) is 0.795. The molecule has 0 bridgehead atoms. The molecule has 0 fully saturated rings. The second kappa shape index (κ2) is 5.56. The average molecular weight is 263 g/mol. The molecule has 0 aliphatic rings. The van der Waals surface area contributed by atoms with Crippen molar-refractivity contribution in [2.45, 2.75) is 13.5 Å². The van der Waals surface area contributed by atoms with Gasteiger partial charge in [-0.05, 0) is 42.8 Å². The standard InChI is InChI=1S/C14H11F2NO2/c1-9-5-11(7-12(6-9)19-14(15)16)13(18)10-3-2-4-17-8-10/h2-8,14H,1H3. The molecule has 0 aliphatic carbocycles. The predicted molar refractivity (Wildman–Crippen MR) is 65.5 cm³/mol. The van der Waals surface area contributed by atoms with Crippen LogP contribution in [0.3, 0.4) is 0 Å². The first-order valence-corrected chi connectivity index (χ1v) is 5.57. The topological polar surface area (TPSA) is 39.2 Å². The van der Waals surface area contributed by atoms with Crippen molar-refractivity contribution >= 4 is 5.78 Å². The van der Waals surface area contributed by atoms with Crippen molar-refractivity contribution in [1.82, 2.24) is 4.98 Å². The van der Waals surface area contributed by atoms with Gasteiger partial charge in [-0.2, -0.15) is 8.78 Å². The van der Waals surface area contributed by atoms with E-state index in [1.807, 2.05) is 0 Å². The molecule has 0 saturated heterocycles. The normalized spacial score (nSPS) is 10.5. The van der Waals surface area contributed by atoms with Crippen LogP contribution in [0.15, 0.2) is 42.7 Å². The highest BCUT2D eigenvalue weighted by Crippen LogP contribution is 2.21. The summed E-state index contributed by atoms with van der Waals surface area (Å²) in [7, 11) is 0. The van der Waals surface area contributed by atoms with E-state index in [0.717, 1.165) is 0 Å². The summed E-state index contributed by atoms with van der Waals surface area (Å²) in [5.74, 6) is -0.307. The number of carbonyl (C=O) groups is 1. The number of hydrogen-bond acceptors (Lipinski definition) is 3. The number of aryl methyl sites for hydroxylation is 1. The Kier molecular flexibility index (Phi) is 3.85. The fourth-order valence-electron chi connectivity index (χ4n) is 1.71. The Balaban J connectivity index is 2.34. The number of pyridine rings is 1. The van der Waals surface area contributed by atoms with E-state index >= 15 is 0 Å². The molecule has 2 rings (SSSR count). The van der Waals surface area contributed by atoms with E-state index in [9.17, 15) is 13.6 Å². The van der Waals surface area contributed by atoms with Crippen molar-refractivity contribution in [2.24, 2.45) is 0 Å². The molecule has 3 nitrogen and oxygen atoms in total. The summed E-state index contributed by atoms with van der Waals surface area (Å²) in [5, 5.41) is 0. The number of alkyl halides is 2. The monoisotopic (exact) mass is 263 g/mol. The lowest BCUT2D eigenvalue weighted by Gasteiger charge is -2.08. The van der Waals surface area contributed by atoms with Crippen LogP contribution in [0.25, 0.3) is 0 Å². The van der Waals surface area contributed by atoms with Gasteiger partial charge in [-0.15, -0.1) is 0 Å². The molecule has 5 heteroatoms. The van der Waals surface area contributed by atoms with E-state index in [0.29, 0.717) is 16.7 Å². The molecule has 2 aromatic rings. The highest BCUT2D eigenvalue weighted by atomic mass is 19.3. The van der Waals surface area contributed by atoms with Gasteiger partial charge in [0.1, 0.15) is 5.75 Å². The van der Waals surface area contributed by atoms with E-state index < -0.39 is 6.61 Å². The van der Waals surface area contributed by atoms with Crippen molar-refractivity contribution in [3.63, 3.8) is 0 Å². The fraction of sp³-hybridized carbons (Fsp3) is 0.143. The van der Waals surface area contributed by atoms with Crippen molar-refractivity contribution in [3.05, 3.63) is 59.4 Å². The van der Waals surface area contributed by atoms with Crippen LogP contribution in [0, 0.1) is 6.92 Å². The van der Waals surface area contributed by atoms with Gasteiger partial charge in [0.25, 0.3) is 0 Å². The Labute approximate surface area is 108 Å². The maximum Gasteiger partial charge on any atom is 0.387 e. The Bertz CT molecular complexity index is 585. The van der Waals surface area contributed by atoms with Crippen molar-refractivity contribution < 1.29 is 18.3 Å². The number of nitrogens with zero attached hydrogens (tertiary/aromatic N) is 1. The Hall–Kier alpha value is -2.30. The Morgan fingerprint density at radius 3 is 2.68 bits per heavy atom. The lowest BCUT2D eigenvalue weighted by Crippen LogP contribution is -2.06. The van der Waals surface area contributed by atoms with Crippen LogP contribution in [0.5, 0.6) is 5.75 Å². The van der Waals surface area contributed by atoms with Gasteiger partial charge in [0, 0.05) is 23.5 Å².